The average molecular weight is 1060 g/mol. The van der Waals surface area contributed by atoms with Crippen molar-refractivity contribution in [2.24, 2.45) is 10.4 Å². The van der Waals surface area contributed by atoms with Crippen molar-refractivity contribution in [3.63, 3.8) is 0 Å². The molecule has 3 aliphatic heterocycles. The highest BCUT2D eigenvalue weighted by molar-refractivity contribution is 7.15. The fourth-order valence-corrected chi connectivity index (χ4v) is 12.4. The summed E-state index contributed by atoms with van der Waals surface area (Å²) in [5.41, 5.74) is 8.59. The van der Waals surface area contributed by atoms with E-state index in [9.17, 15) is 24.3 Å². The Bertz CT molecular complexity index is 3170. The summed E-state index contributed by atoms with van der Waals surface area (Å²) in [6.45, 7) is 15.5. The van der Waals surface area contributed by atoms with Crippen molar-refractivity contribution in [3.05, 3.63) is 127 Å². The topological polar surface area (TPSA) is 202 Å². The van der Waals surface area contributed by atoms with Crippen LogP contribution >= 0.6 is 34.3 Å². The van der Waals surface area contributed by atoms with E-state index in [1.807, 2.05) is 112 Å². The number of nitrogens with one attached hydrogen (secondary N) is 3. The van der Waals surface area contributed by atoms with Gasteiger partial charge in [0.25, 0.3) is 5.91 Å². The summed E-state index contributed by atoms with van der Waals surface area (Å²) < 4.78 is 14.6. The molecule has 6 aromatic rings. The fourth-order valence-electron chi connectivity index (χ4n) is 10.2. The van der Waals surface area contributed by atoms with Crippen LogP contribution in [0.1, 0.15) is 115 Å². The van der Waals surface area contributed by atoms with Gasteiger partial charge in [0, 0.05) is 65.4 Å². The maximum absolute atomic E-state index is 14.4. The number of fused-ring (bicyclic) bond motifs is 4. The zero-order chi connectivity index (χ0) is 52.3. The van der Waals surface area contributed by atoms with Crippen LogP contribution in [0.5, 0.6) is 11.5 Å². The fraction of sp³-hybridized carbons (Fsp3) is 0.418. The van der Waals surface area contributed by atoms with E-state index in [-0.39, 0.29) is 55.8 Å². The van der Waals surface area contributed by atoms with Gasteiger partial charge in [0.15, 0.2) is 11.9 Å². The number of thiazole rings is 1. The summed E-state index contributed by atoms with van der Waals surface area (Å²) in [6.07, 6.45) is -0.321. The van der Waals surface area contributed by atoms with E-state index in [0.29, 0.717) is 35.2 Å². The number of halogens is 1. The number of amides is 4. The van der Waals surface area contributed by atoms with Crippen molar-refractivity contribution in [1.29, 1.82) is 0 Å². The lowest BCUT2D eigenvalue weighted by molar-refractivity contribution is -0.145. The van der Waals surface area contributed by atoms with Gasteiger partial charge in [-0.3, -0.25) is 28.7 Å². The van der Waals surface area contributed by atoms with Crippen LogP contribution in [0.2, 0.25) is 5.02 Å². The molecule has 16 nitrogen and oxygen atoms in total. The maximum atomic E-state index is 14.4. The number of ether oxygens (including phenoxy) is 2. The number of aryl methyl sites for hydroxylation is 3. The highest BCUT2D eigenvalue weighted by atomic mass is 35.5. The summed E-state index contributed by atoms with van der Waals surface area (Å²) in [5.74, 6) is 0.975. The van der Waals surface area contributed by atoms with E-state index in [0.717, 1.165) is 60.5 Å². The molecule has 0 spiro atoms. The van der Waals surface area contributed by atoms with Gasteiger partial charge in [-0.1, -0.05) is 74.8 Å². The molecule has 1 saturated carbocycles. The number of carbonyl (C=O) groups excluding carboxylic acids is 4. The van der Waals surface area contributed by atoms with Crippen LogP contribution in [-0.4, -0.2) is 102 Å². The molecule has 3 aromatic heterocycles. The molecule has 0 unspecified atom stereocenters. The molecule has 74 heavy (non-hydrogen) atoms. The number of aliphatic hydroxyl groups excluding tert-OH is 1. The van der Waals surface area contributed by atoms with Gasteiger partial charge in [-0.2, -0.15) is 0 Å². The lowest BCUT2D eigenvalue weighted by atomic mass is 9.85. The first-order chi connectivity index (χ1) is 35.3. The number of aliphatic hydroxyl groups is 1. The van der Waals surface area contributed by atoms with Crippen LogP contribution < -0.4 is 25.4 Å². The molecule has 4 N–H and O–H groups in total. The van der Waals surface area contributed by atoms with Gasteiger partial charge < -0.3 is 35.4 Å². The maximum Gasteiger partial charge on any atom is 0.262 e. The van der Waals surface area contributed by atoms with Gasteiger partial charge in [-0.15, -0.1) is 32.9 Å². The van der Waals surface area contributed by atoms with Crippen molar-refractivity contribution in [1.82, 2.24) is 40.6 Å². The molecule has 19 heteroatoms. The molecule has 6 heterocycles. The number of hydrogen-bond donors (Lipinski definition) is 4. The Hall–Kier alpha value is -6.47. The summed E-state index contributed by atoms with van der Waals surface area (Å²) in [5, 5.41) is 30.5. The van der Waals surface area contributed by atoms with E-state index in [1.54, 1.807) is 28.7 Å². The number of thiophene rings is 1. The summed E-state index contributed by atoms with van der Waals surface area (Å²) in [7, 11) is 0. The Morgan fingerprint density at radius 3 is 2.36 bits per heavy atom. The molecule has 0 radical (unpaired) electrons. The molecule has 1 saturated heterocycles. The Kier molecular flexibility index (Phi) is 14.0. The van der Waals surface area contributed by atoms with Gasteiger partial charge in [0.2, 0.25) is 17.7 Å². The lowest BCUT2D eigenvalue weighted by Crippen LogP contribution is -2.59. The summed E-state index contributed by atoms with van der Waals surface area (Å²) >= 11 is 9.51. The number of carbonyl (C=O) groups is 4. The molecule has 3 aromatic carbocycles. The van der Waals surface area contributed by atoms with Gasteiger partial charge in [-0.25, -0.2) is 4.98 Å². The third-order valence-electron chi connectivity index (χ3n) is 14.5. The second kappa shape index (κ2) is 20.3. The average Bonchev–Trinajstić information content (AvgIpc) is 4.19. The zero-order valence-corrected chi connectivity index (χ0v) is 45.0. The number of benzene rings is 3. The highest BCUT2D eigenvalue weighted by Crippen LogP contribution is 2.41. The van der Waals surface area contributed by atoms with E-state index < -0.39 is 47.6 Å². The third-order valence-corrected chi connectivity index (χ3v) is 17.0. The number of rotatable bonds is 13. The Morgan fingerprint density at radius 1 is 0.932 bits per heavy atom. The largest absolute Gasteiger partial charge is 0.490 e. The van der Waals surface area contributed by atoms with E-state index in [1.165, 1.54) is 9.78 Å². The quantitative estimate of drug-likeness (QED) is 0.0878. The minimum absolute atomic E-state index is 0.0397. The molecule has 1 aliphatic carbocycles. The third kappa shape index (κ3) is 10.2. The number of nitrogens with zero attached hydrogens (tertiary/aromatic N) is 6. The number of likely N-dealkylation sites (tertiary alicyclic amines) is 1. The molecule has 4 aliphatic rings. The molecular weight excluding hydrogens is 998 g/mol. The van der Waals surface area contributed by atoms with Crippen LogP contribution in [0.15, 0.2) is 77.2 Å². The molecule has 6 atom stereocenters. The van der Waals surface area contributed by atoms with Gasteiger partial charge in [0.05, 0.1) is 40.4 Å². The Balaban J connectivity index is 0.732. The first kappa shape index (κ1) is 51.0. The van der Waals surface area contributed by atoms with Crippen molar-refractivity contribution < 1.29 is 33.8 Å². The summed E-state index contributed by atoms with van der Waals surface area (Å²) in [6, 6.07) is 18.0. The summed E-state index contributed by atoms with van der Waals surface area (Å²) in [4.78, 5) is 69.2. The smallest absolute Gasteiger partial charge is 0.262 e. The minimum atomic E-state index is -1.02. The molecule has 2 fully saturated rings. The lowest BCUT2D eigenvalue weighted by Gasteiger charge is -2.36. The van der Waals surface area contributed by atoms with E-state index in [4.69, 9.17) is 26.1 Å². The number of hydrogen-bond acceptors (Lipinski definition) is 13. The van der Waals surface area contributed by atoms with Gasteiger partial charge in [-0.05, 0) is 80.5 Å². The number of aliphatic imine (C=N–C) groups is 1. The second-order valence-electron chi connectivity index (χ2n) is 21.0. The molecular formula is C55H60ClN9O7S2. The Morgan fingerprint density at radius 2 is 1.66 bits per heavy atom. The predicted molar refractivity (Wildman–Crippen MR) is 284 cm³/mol. The van der Waals surface area contributed by atoms with Crippen LogP contribution in [0.25, 0.3) is 15.4 Å². The van der Waals surface area contributed by atoms with Crippen molar-refractivity contribution in [2.75, 3.05) is 6.54 Å². The first-order valence-electron chi connectivity index (χ1n) is 25.0. The highest BCUT2D eigenvalue weighted by Gasteiger charge is 2.46. The van der Waals surface area contributed by atoms with Crippen LogP contribution in [0.3, 0.4) is 0 Å². The molecule has 10 rings (SSSR count). The predicted octanol–water partition coefficient (Wildman–Crippen LogP) is 8.02. The van der Waals surface area contributed by atoms with Crippen molar-refractivity contribution in [2.45, 2.75) is 136 Å². The van der Waals surface area contributed by atoms with E-state index in [2.05, 4.69) is 45.0 Å². The first-order valence-corrected chi connectivity index (χ1v) is 27.1. The standard InChI is InChI=1S/C55H60ClN9O7S2/c1-27-30(4)74-54-46(27)47(33-13-16-36(56)17-14-33)60-41(50-63-62-31(5)65(50)54)24-45(67)59-37-20-40(21-37)71-39-18-15-35-19-44(72-43(35)23-39)52(69)61-49(55(6,7)8)53(70)64-25-38(66)22-42(64)51(68)58-28(2)32-9-11-34(12-10-32)48-29(3)57-26-73-48/h9-18,23,26,28,37-38,40-42,44,49,66H,19-22,24-25H2,1-8H3,(H,58,68)(H,59,67)(H,61,69)/t28-,37-,38+,40+,41-,42-,44+,49+/m0/s1. The SMILES string of the molecule is Cc1ncsc1-c1ccc([C@H](C)NC(=O)[C@@H]2C[C@@H](O)CN2C(=O)[C@@H](NC(=O)[C@H]2Cc3ccc(O[C@H]4C[C@@H](NC(=O)C[C@@H]5N=C(c6ccc(Cl)cc6)c6c(sc(C)c6C)-n6c(C)nnc65)C4)cc3O2)C(C)(C)C)cc1. The van der Waals surface area contributed by atoms with Gasteiger partial charge in [0.1, 0.15) is 46.6 Å². The molecule has 0 bridgehead atoms. The number of β-amino-alcohol motifs (C(OH)–C–C–N with tert-alkyl or cyclic N) is 1. The van der Waals surface area contributed by atoms with Crippen molar-refractivity contribution >= 4 is 63.6 Å². The van der Waals surface area contributed by atoms with Gasteiger partial charge >= 0.3 is 0 Å². The molecule has 386 valence electrons. The molecule has 4 amide bonds. The van der Waals surface area contributed by atoms with Crippen molar-refractivity contribution in [3.8, 4) is 26.9 Å². The van der Waals surface area contributed by atoms with Crippen LogP contribution in [0, 0.1) is 33.1 Å². The monoisotopic (exact) mass is 1060 g/mol. The van der Waals surface area contributed by atoms with Crippen LogP contribution in [0.4, 0.5) is 0 Å². The minimum Gasteiger partial charge on any atom is -0.490 e. The normalized spacial score (nSPS) is 21.7. The van der Waals surface area contributed by atoms with Crippen LogP contribution in [-0.2, 0) is 25.6 Å². The second-order valence-corrected chi connectivity index (χ2v) is 23.5. The van der Waals surface area contributed by atoms with E-state index >= 15 is 0 Å². The zero-order valence-electron chi connectivity index (χ0n) is 42.6. The Labute approximate surface area is 443 Å². The number of aromatic nitrogens is 4.